The van der Waals surface area contributed by atoms with E-state index in [0.717, 1.165) is 36.1 Å². The quantitative estimate of drug-likeness (QED) is 0.867. The second-order valence-corrected chi connectivity index (χ2v) is 6.94. The van der Waals surface area contributed by atoms with E-state index in [9.17, 15) is 4.39 Å². The summed E-state index contributed by atoms with van der Waals surface area (Å²) in [6.07, 6.45) is 6.76. The Kier molecular flexibility index (Phi) is 4.55. The fraction of sp³-hybridized carbons (Fsp3) is 0.588. The van der Waals surface area contributed by atoms with Gasteiger partial charge in [-0.25, -0.2) is 4.39 Å². The Balaban J connectivity index is 1.69. The van der Waals surface area contributed by atoms with Gasteiger partial charge in [-0.15, -0.1) is 0 Å². The maximum absolute atomic E-state index is 14.0. The standard InChI is InChI=1S/C17H23FN2S/c18-16-6-5-13(17(19)21)9-15(16)11-20-8-7-12-3-1-2-4-14(12)10-20/h5-6,9,12,14H,1-4,7-8,10-11H2,(H2,19,21). The van der Waals surface area contributed by atoms with Gasteiger partial charge in [0.2, 0.25) is 0 Å². The first kappa shape index (κ1) is 14.9. The first-order chi connectivity index (χ1) is 10.1. The summed E-state index contributed by atoms with van der Waals surface area (Å²) in [5.74, 6) is 1.57. The maximum Gasteiger partial charge on any atom is 0.127 e. The van der Waals surface area contributed by atoms with Crippen molar-refractivity contribution in [1.29, 1.82) is 0 Å². The van der Waals surface area contributed by atoms with Crippen LogP contribution in [0, 0.1) is 17.7 Å². The lowest BCUT2D eigenvalue weighted by Gasteiger charge is -2.41. The van der Waals surface area contributed by atoms with Gasteiger partial charge < -0.3 is 5.73 Å². The summed E-state index contributed by atoms with van der Waals surface area (Å²) in [7, 11) is 0. The van der Waals surface area contributed by atoms with E-state index in [1.807, 2.05) is 6.07 Å². The first-order valence-electron chi connectivity index (χ1n) is 7.94. The highest BCUT2D eigenvalue weighted by atomic mass is 32.1. The van der Waals surface area contributed by atoms with Crippen LogP contribution in [0.3, 0.4) is 0 Å². The molecule has 2 N–H and O–H groups in total. The van der Waals surface area contributed by atoms with Gasteiger partial charge in [-0.1, -0.05) is 31.5 Å². The molecule has 0 spiro atoms. The van der Waals surface area contributed by atoms with Crippen LogP contribution in [0.15, 0.2) is 18.2 Å². The molecule has 0 bridgehead atoms. The molecule has 2 aliphatic rings. The van der Waals surface area contributed by atoms with Gasteiger partial charge in [-0.05, 0) is 49.4 Å². The van der Waals surface area contributed by atoms with Crippen molar-refractivity contribution in [2.45, 2.75) is 38.6 Å². The second-order valence-electron chi connectivity index (χ2n) is 6.50. The van der Waals surface area contributed by atoms with Gasteiger partial charge in [0.15, 0.2) is 0 Å². The zero-order valence-corrected chi connectivity index (χ0v) is 13.2. The number of rotatable bonds is 3. The molecule has 1 aliphatic carbocycles. The minimum atomic E-state index is -0.152. The summed E-state index contributed by atoms with van der Waals surface area (Å²) in [5, 5.41) is 0. The predicted octanol–water partition coefficient (Wildman–Crippen LogP) is 3.47. The van der Waals surface area contributed by atoms with E-state index in [4.69, 9.17) is 18.0 Å². The molecule has 1 aromatic carbocycles. The molecule has 2 atom stereocenters. The molecule has 1 heterocycles. The van der Waals surface area contributed by atoms with E-state index in [1.54, 1.807) is 6.07 Å². The highest BCUT2D eigenvalue weighted by molar-refractivity contribution is 7.80. The molecular weight excluding hydrogens is 283 g/mol. The van der Waals surface area contributed by atoms with Crippen LogP contribution in [-0.4, -0.2) is 23.0 Å². The number of thiocarbonyl (C=S) groups is 1. The van der Waals surface area contributed by atoms with Crippen LogP contribution in [0.2, 0.25) is 0 Å². The predicted molar refractivity (Wildman–Crippen MR) is 87.6 cm³/mol. The number of piperidine rings is 1. The summed E-state index contributed by atoms with van der Waals surface area (Å²) in [5.41, 5.74) is 7.12. The molecule has 2 fully saturated rings. The number of benzene rings is 1. The van der Waals surface area contributed by atoms with Crippen LogP contribution >= 0.6 is 12.2 Å². The smallest absolute Gasteiger partial charge is 0.127 e. The zero-order chi connectivity index (χ0) is 14.8. The van der Waals surface area contributed by atoms with Crippen molar-refractivity contribution >= 4 is 17.2 Å². The van der Waals surface area contributed by atoms with Crippen molar-refractivity contribution in [1.82, 2.24) is 4.90 Å². The molecule has 2 nitrogen and oxygen atoms in total. The average Bonchev–Trinajstić information content (AvgIpc) is 2.49. The Labute approximate surface area is 131 Å². The molecule has 0 amide bonds. The van der Waals surface area contributed by atoms with Crippen LogP contribution in [0.25, 0.3) is 0 Å². The minimum absolute atomic E-state index is 0.152. The van der Waals surface area contributed by atoms with Crippen molar-refractivity contribution < 1.29 is 4.39 Å². The van der Waals surface area contributed by atoms with Gasteiger partial charge in [-0.3, -0.25) is 4.90 Å². The maximum atomic E-state index is 14.0. The van der Waals surface area contributed by atoms with Crippen molar-refractivity contribution in [3.8, 4) is 0 Å². The Morgan fingerprint density at radius 3 is 2.76 bits per heavy atom. The molecule has 1 saturated carbocycles. The Hall–Kier alpha value is -1.00. The van der Waals surface area contributed by atoms with E-state index in [0.29, 0.717) is 11.5 Å². The van der Waals surface area contributed by atoms with Crippen LogP contribution < -0.4 is 5.73 Å². The highest BCUT2D eigenvalue weighted by Crippen LogP contribution is 2.36. The van der Waals surface area contributed by atoms with Crippen LogP contribution in [0.4, 0.5) is 4.39 Å². The lowest BCUT2D eigenvalue weighted by atomic mass is 9.75. The number of halogens is 1. The molecule has 114 valence electrons. The molecule has 21 heavy (non-hydrogen) atoms. The number of likely N-dealkylation sites (tertiary alicyclic amines) is 1. The van der Waals surface area contributed by atoms with Gasteiger partial charge in [-0.2, -0.15) is 0 Å². The summed E-state index contributed by atoms with van der Waals surface area (Å²) in [6, 6.07) is 4.95. The number of hydrogen-bond donors (Lipinski definition) is 1. The summed E-state index contributed by atoms with van der Waals surface area (Å²) >= 11 is 4.99. The van der Waals surface area contributed by atoms with Crippen molar-refractivity contribution in [2.75, 3.05) is 13.1 Å². The highest BCUT2D eigenvalue weighted by Gasteiger charge is 2.31. The van der Waals surface area contributed by atoms with E-state index >= 15 is 0 Å². The largest absolute Gasteiger partial charge is 0.389 e. The minimum Gasteiger partial charge on any atom is -0.389 e. The third kappa shape index (κ3) is 3.43. The molecule has 3 rings (SSSR count). The van der Waals surface area contributed by atoms with Gasteiger partial charge >= 0.3 is 0 Å². The Morgan fingerprint density at radius 1 is 1.24 bits per heavy atom. The molecule has 4 heteroatoms. The first-order valence-corrected chi connectivity index (χ1v) is 8.35. The molecule has 1 aliphatic heterocycles. The van der Waals surface area contributed by atoms with E-state index in [-0.39, 0.29) is 5.82 Å². The van der Waals surface area contributed by atoms with Crippen molar-refractivity contribution in [3.05, 3.63) is 35.1 Å². The Bertz CT molecular complexity index is 532. The van der Waals surface area contributed by atoms with Crippen molar-refractivity contribution in [2.24, 2.45) is 17.6 Å². The van der Waals surface area contributed by atoms with Gasteiger partial charge in [0.25, 0.3) is 0 Å². The fourth-order valence-electron chi connectivity index (χ4n) is 3.91. The summed E-state index contributed by atoms with van der Waals surface area (Å²) in [6.45, 7) is 2.87. The number of hydrogen-bond acceptors (Lipinski definition) is 2. The number of fused-ring (bicyclic) bond motifs is 1. The molecule has 1 saturated heterocycles. The zero-order valence-electron chi connectivity index (χ0n) is 12.4. The second kappa shape index (κ2) is 6.41. The molecule has 1 aromatic rings. The average molecular weight is 306 g/mol. The van der Waals surface area contributed by atoms with Crippen LogP contribution in [0.1, 0.15) is 43.2 Å². The Morgan fingerprint density at radius 2 is 2.00 bits per heavy atom. The third-order valence-electron chi connectivity index (χ3n) is 5.10. The SMILES string of the molecule is NC(=S)c1ccc(F)c(CN2CCC3CCCCC3C2)c1. The van der Waals surface area contributed by atoms with Crippen LogP contribution in [0.5, 0.6) is 0 Å². The van der Waals surface area contributed by atoms with Gasteiger partial charge in [0, 0.05) is 24.2 Å². The molecule has 2 unspecified atom stereocenters. The van der Waals surface area contributed by atoms with E-state index < -0.39 is 0 Å². The summed E-state index contributed by atoms with van der Waals surface area (Å²) < 4.78 is 14.0. The molecular formula is C17H23FN2S. The monoisotopic (exact) mass is 306 g/mol. The third-order valence-corrected chi connectivity index (χ3v) is 5.34. The van der Waals surface area contributed by atoms with E-state index in [2.05, 4.69) is 4.90 Å². The fourth-order valence-corrected chi connectivity index (χ4v) is 4.04. The number of nitrogens with two attached hydrogens (primary N) is 1. The molecule has 0 aromatic heterocycles. The lowest BCUT2D eigenvalue weighted by molar-refractivity contribution is 0.0813. The van der Waals surface area contributed by atoms with Gasteiger partial charge in [0.05, 0.1) is 0 Å². The summed E-state index contributed by atoms with van der Waals surface area (Å²) in [4.78, 5) is 2.73. The van der Waals surface area contributed by atoms with E-state index in [1.165, 1.54) is 38.2 Å². The topological polar surface area (TPSA) is 29.3 Å². The van der Waals surface area contributed by atoms with Crippen molar-refractivity contribution in [3.63, 3.8) is 0 Å². The normalized spacial score (nSPS) is 26.3. The number of nitrogens with zero attached hydrogens (tertiary/aromatic N) is 1. The van der Waals surface area contributed by atoms with Gasteiger partial charge in [0.1, 0.15) is 10.8 Å². The molecule has 0 radical (unpaired) electrons. The van der Waals surface area contributed by atoms with Crippen LogP contribution in [-0.2, 0) is 6.54 Å². The lowest BCUT2D eigenvalue weighted by Crippen LogP contribution is -2.41.